The molecule has 1 aliphatic rings. The Morgan fingerprint density at radius 1 is 1.64 bits per heavy atom. The van der Waals surface area contributed by atoms with Gasteiger partial charge in [-0.15, -0.1) is 11.8 Å². The molecule has 60 valence electrons. The zero-order chi connectivity index (χ0) is 8.32. The molecule has 3 heteroatoms. The van der Waals surface area contributed by atoms with Gasteiger partial charge in [0.2, 0.25) is 5.91 Å². The summed E-state index contributed by atoms with van der Waals surface area (Å²) in [6.07, 6.45) is 10.2. The summed E-state index contributed by atoms with van der Waals surface area (Å²) in [4.78, 5) is 11.0. The van der Waals surface area contributed by atoms with Gasteiger partial charge in [0.05, 0.1) is 0 Å². The van der Waals surface area contributed by atoms with Gasteiger partial charge in [0.1, 0.15) is 4.75 Å². The first-order valence-electron chi connectivity index (χ1n) is 3.41. The van der Waals surface area contributed by atoms with E-state index in [1.54, 1.807) is 0 Å². The number of primary amides is 1. The maximum absolute atomic E-state index is 11.0. The largest absolute Gasteiger partial charge is 0.368 e. The van der Waals surface area contributed by atoms with E-state index >= 15 is 0 Å². The summed E-state index contributed by atoms with van der Waals surface area (Å²) >= 11 is 1.49. The predicted molar refractivity (Wildman–Crippen MR) is 48.3 cm³/mol. The SMILES string of the molecule is CSC1(C(N)=O)C=CC=CC1. The number of allylic oxidation sites excluding steroid dienone is 3. The minimum atomic E-state index is -0.491. The molecule has 11 heavy (non-hydrogen) atoms. The van der Waals surface area contributed by atoms with Crippen molar-refractivity contribution in [3.63, 3.8) is 0 Å². The Morgan fingerprint density at radius 2 is 2.36 bits per heavy atom. The number of rotatable bonds is 2. The fraction of sp³-hybridized carbons (Fsp3) is 0.375. The van der Waals surface area contributed by atoms with Crippen LogP contribution in [0.2, 0.25) is 0 Å². The van der Waals surface area contributed by atoms with E-state index in [4.69, 9.17) is 5.73 Å². The molecule has 0 aromatic heterocycles. The minimum absolute atomic E-state index is 0.259. The van der Waals surface area contributed by atoms with Gasteiger partial charge in [-0.2, -0.15) is 0 Å². The molecule has 0 spiro atoms. The first-order chi connectivity index (χ1) is 5.21. The van der Waals surface area contributed by atoms with Gasteiger partial charge in [0.15, 0.2) is 0 Å². The lowest BCUT2D eigenvalue weighted by atomic mass is 9.99. The second-order valence-corrected chi connectivity index (χ2v) is 3.59. The standard InChI is InChI=1S/C8H11NOS/c1-11-8(7(9)10)5-3-2-4-6-8/h2-5H,6H2,1H3,(H2,9,10). The average molecular weight is 169 g/mol. The molecule has 0 bridgehead atoms. The van der Waals surface area contributed by atoms with Gasteiger partial charge in [0.25, 0.3) is 0 Å². The Balaban J connectivity index is 2.85. The molecule has 1 atom stereocenters. The van der Waals surface area contributed by atoms with Crippen LogP contribution >= 0.6 is 11.8 Å². The Bertz CT molecular complexity index is 222. The molecule has 0 aromatic rings. The highest BCUT2D eigenvalue weighted by atomic mass is 32.2. The quantitative estimate of drug-likeness (QED) is 0.672. The van der Waals surface area contributed by atoms with E-state index in [1.165, 1.54) is 11.8 Å². The molecule has 1 unspecified atom stereocenters. The van der Waals surface area contributed by atoms with Gasteiger partial charge in [-0.25, -0.2) is 0 Å². The molecule has 0 aliphatic heterocycles. The molecule has 2 N–H and O–H groups in total. The lowest BCUT2D eigenvalue weighted by Gasteiger charge is -2.24. The maximum atomic E-state index is 11.0. The van der Waals surface area contributed by atoms with Crippen LogP contribution in [0.15, 0.2) is 24.3 Å². The van der Waals surface area contributed by atoms with E-state index in [2.05, 4.69) is 0 Å². The smallest absolute Gasteiger partial charge is 0.237 e. The molecule has 0 radical (unpaired) electrons. The minimum Gasteiger partial charge on any atom is -0.368 e. The third kappa shape index (κ3) is 1.48. The van der Waals surface area contributed by atoms with Crippen molar-refractivity contribution >= 4 is 17.7 Å². The van der Waals surface area contributed by atoms with Crippen molar-refractivity contribution in [2.45, 2.75) is 11.2 Å². The van der Waals surface area contributed by atoms with Gasteiger partial charge in [-0.3, -0.25) is 4.79 Å². The average Bonchev–Trinajstić information content (AvgIpc) is 2.05. The highest BCUT2D eigenvalue weighted by Crippen LogP contribution is 2.30. The summed E-state index contributed by atoms with van der Waals surface area (Å²) in [5, 5.41) is 0. The van der Waals surface area contributed by atoms with Gasteiger partial charge >= 0.3 is 0 Å². The highest BCUT2D eigenvalue weighted by Gasteiger charge is 2.32. The van der Waals surface area contributed by atoms with Crippen molar-refractivity contribution in [1.29, 1.82) is 0 Å². The number of thioether (sulfide) groups is 1. The fourth-order valence-electron chi connectivity index (χ4n) is 1.04. The summed E-state index contributed by atoms with van der Waals surface area (Å²) in [7, 11) is 0. The van der Waals surface area contributed by atoms with E-state index < -0.39 is 4.75 Å². The Morgan fingerprint density at radius 3 is 2.64 bits per heavy atom. The second-order valence-electron chi connectivity index (χ2n) is 2.45. The summed E-state index contributed by atoms with van der Waals surface area (Å²) in [5.74, 6) is -0.259. The molecule has 2 nitrogen and oxygen atoms in total. The summed E-state index contributed by atoms with van der Waals surface area (Å²) in [6, 6.07) is 0. The fourth-order valence-corrected chi connectivity index (χ4v) is 1.71. The Kier molecular flexibility index (Phi) is 2.39. The second kappa shape index (κ2) is 3.13. The third-order valence-electron chi connectivity index (χ3n) is 1.82. The van der Waals surface area contributed by atoms with Crippen molar-refractivity contribution in [3.8, 4) is 0 Å². The normalized spacial score (nSPS) is 28.8. The van der Waals surface area contributed by atoms with Gasteiger partial charge in [0, 0.05) is 0 Å². The van der Waals surface area contributed by atoms with Crippen LogP contribution in [-0.2, 0) is 4.79 Å². The monoisotopic (exact) mass is 169 g/mol. The zero-order valence-corrected chi connectivity index (χ0v) is 7.23. The number of carbonyl (C=O) groups is 1. The number of amides is 1. The molecule has 0 saturated carbocycles. The Labute approximate surface area is 70.5 Å². The topological polar surface area (TPSA) is 43.1 Å². The summed E-state index contributed by atoms with van der Waals surface area (Å²) < 4.78 is -0.491. The van der Waals surface area contributed by atoms with E-state index in [1.807, 2.05) is 30.6 Å². The predicted octanol–water partition coefficient (Wildman–Crippen LogP) is 1.09. The van der Waals surface area contributed by atoms with Crippen molar-refractivity contribution in [3.05, 3.63) is 24.3 Å². The molecule has 0 heterocycles. The van der Waals surface area contributed by atoms with Gasteiger partial charge < -0.3 is 5.73 Å². The Hall–Kier alpha value is -0.700. The van der Waals surface area contributed by atoms with Crippen LogP contribution in [0, 0.1) is 0 Å². The molecular weight excluding hydrogens is 158 g/mol. The van der Waals surface area contributed by atoms with Crippen LogP contribution in [0.5, 0.6) is 0 Å². The number of hydrogen-bond donors (Lipinski definition) is 1. The lowest BCUT2D eigenvalue weighted by Crippen LogP contribution is -2.39. The van der Waals surface area contributed by atoms with Crippen LogP contribution in [0.25, 0.3) is 0 Å². The van der Waals surface area contributed by atoms with E-state index in [-0.39, 0.29) is 5.91 Å². The van der Waals surface area contributed by atoms with Crippen LogP contribution < -0.4 is 5.73 Å². The highest BCUT2D eigenvalue weighted by molar-refractivity contribution is 8.00. The van der Waals surface area contributed by atoms with Crippen LogP contribution in [-0.4, -0.2) is 16.9 Å². The molecule has 1 amide bonds. The van der Waals surface area contributed by atoms with Gasteiger partial charge in [-0.05, 0) is 12.7 Å². The van der Waals surface area contributed by atoms with Crippen molar-refractivity contribution in [2.24, 2.45) is 5.73 Å². The van der Waals surface area contributed by atoms with Crippen LogP contribution in [0.3, 0.4) is 0 Å². The number of nitrogens with two attached hydrogens (primary N) is 1. The summed E-state index contributed by atoms with van der Waals surface area (Å²) in [6.45, 7) is 0. The van der Waals surface area contributed by atoms with Crippen molar-refractivity contribution in [2.75, 3.05) is 6.26 Å². The van der Waals surface area contributed by atoms with Crippen LogP contribution in [0.4, 0.5) is 0 Å². The van der Waals surface area contributed by atoms with E-state index in [0.29, 0.717) is 6.42 Å². The molecule has 1 aliphatic carbocycles. The summed E-state index contributed by atoms with van der Waals surface area (Å²) in [5.41, 5.74) is 5.27. The van der Waals surface area contributed by atoms with Crippen molar-refractivity contribution in [1.82, 2.24) is 0 Å². The van der Waals surface area contributed by atoms with Gasteiger partial charge in [-0.1, -0.05) is 24.3 Å². The number of carbonyl (C=O) groups excluding carboxylic acids is 1. The van der Waals surface area contributed by atoms with E-state index in [0.717, 1.165) is 0 Å². The number of hydrogen-bond acceptors (Lipinski definition) is 2. The van der Waals surface area contributed by atoms with Crippen molar-refractivity contribution < 1.29 is 4.79 Å². The lowest BCUT2D eigenvalue weighted by molar-refractivity contribution is -0.119. The first kappa shape index (κ1) is 8.40. The molecular formula is C8H11NOS. The van der Waals surface area contributed by atoms with E-state index in [9.17, 15) is 4.79 Å². The molecule has 1 rings (SSSR count). The zero-order valence-electron chi connectivity index (χ0n) is 6.41. The molecule has 0 saturated heterocycles. The maximum Gasteiger partial charge on any atom is 0.237 e. The van der Waals surface area contributed by atoms with Crippen LogP contribution in [0.1, 0.15) is 6.42 Å². The third-order valence-corrected chi connectivity index (χ3v) is 3.05. The first-order valence-corrected chi connectivity index (χ1v) is 4.63. The molecule has 0 aromatic carbocycles. The molecule has 0 fully saturated rings.